The van der Waals surface area contributed by atoms with E-state index in [4.69, 9.17) is 4.42 Å². The number of rotatable bonds is 3. The Morgan fingerprint density at radius 1 is 0.435 bits per heavy atom. The Morgan fingerprint density at radius 2 is 1.06 bits per heavy atom. The normalized spacial score (nSPS) is 14.8. The molecule has 0 bridgehead atoms. The highest BCUT2D eigenvalue weighted by Gasteiger charge is 2.50. The molecule has 0 atom stereocenters. The average Bonchev–Trinajstić information content (AvgIpc) is 4.02. The van der Waals surface area contributed by atoms with E-state index in [0.717, 1.165) is 39.0 Å². The van der Waals surface area contributed by atoms with Crippen molar-refractivity contribution in [3.63, 3.8) is 0 Å². The van der Waals surface area contributed by atoms with E-state index in [1.807, 2.05) is 23.1 Å². The van der Waals surface area contributed by atoms with Crippen molar-refractivity contribution in [1.29, 1.82) is 0 Å². The molecule has 292 valence electrons. The molecule has 62 heavy (non-hydrogen) atoms. The van der Waals surface area contributed by atoms with Crippen molar-refractivity contribution >= 4 is 82.3 Å². The molecular weight excluding hydrogens is 791 g/mol. The lowest BCUT2D eigenvalue weighted by Gasteiger charge is -2.39. The van der Waals surface area contributed by atoms with E-state index in [0.29, 0.717) is 0 Å². The Morgan fingerprint density at radius 3 is 1.87 bits per heavy atom. The van der Waals surface area contributed by atoms with Crippen LogP contribution in [0.2, 0.25) is 0 Å². The van der Waals surface area contributed by atoms with Gasteiger partial charge in [0.2, 0.25) is 0 Å². The van der Waals surface area contributed by atoms with Gasteiger partial charge >= 0.3 is 0 Å². The number of hydrogen-bond acceptors (Lipinski definition) is 4. The summed E-state index contributed by atoms with van der Waals surface area (Å²) in [5.41, 5.74) is 17.9. The molecule has 0 amide bonds. The molecule has 11 aromatic rings. The quantitative estimate of drug-likeness (QED) is 0.177. The first-order valence-corrected chi connectivity index (χ1v) is 23.0. The van der Waals surface area contributed by atoms with Gasteiger partial charge in [-0.05, 0) is 116 Å². The second kappa shape index (κ2) is 12.4. The zero-order chi connectivity index (χ0) is 40.9. The molecule has 0 saturated heterocycles. The predicted molar refractivity (Wildman–Crippen MR) is 260 cm³/mol. The van der Waals surface area contributed by atoms with Gasteiger partial charge in [0.05, 0.1) is 16.8 Å². The number of hydrogen-bond donors (Lipinski definition) is 0. The minimum atomic E-state index is -0.421. The maximum Gasteiger partial charge on any atom is 0.159 e. The highest BCUT2D eigenvalue weighted by Crippen LogP contribution is 2.63. The van der Waals surface area contributed by atoms with Crippen molar-refractivity contribution in [1.82, 2.24) is 0 Å². The molecule has 14 rings (SSSR count). The zero-order valence-electron chi connectivity index (χ0n) is 34.1. The number of para-hydroxylation sites is 2. The van der Waals surface area contributed by atoms with Crippen LogP contribution in [0.25, 0.3) is 64.4 Å². The third-order valence-electron chi connectivity index (χ3n) is 14.1. The van der Waals surface area contributed by atoms with Crippen LogP contribution in [-0.4, -0.2) is 0 Å². The summed E-state index contributed by atoms with van der Waals surface area (Å²) >= 11 is 3.80. The first-order chi connectivity index (χ1) is 30.5. The van der Waals surface area contributed by atoms with Crippen LogP contribution >= 0.6 is 23.1 Å². The van der Waals surface area contributed by atoms with Crippen LogP contribution < -0.4 is 4.90 Å². The lowest BCUT2D eigenvalue weighted by atomic mass is 9.67. The van der Waals surface area contributed by atoms with Gasteiger partial charge in [0.25, 0.3) is 0 Å². The van der Waals surface area contributed by atoms with Crippen LogP contribution in [-0.2, 0) is 10.8 Å². The maximum absolute atomic E-state index is 6.85. The molecule has 4 heteroatoms. The topological polar surface area (TPSA) is 16.4 Å². The molecule has 0 fully saturated rings. The van der Waals surface area contributed by atoms with Gasteiger partial charge < -0.3 is 9.32 Å². The highest BCUT2D eigenvalue weighted by atomic mass is 32.2. The Bertz CT molecular complexity index is 3690. The molecule has 2 aromatic heterocycles. The van der Waals surface area contributed by atoms with Crippen molar-refractivity contribution in [3.8, 4) is 22.3 Å². The van der Waals surface area contributed by atoms with E-state index < -0.39 is 5.41 Å². The Labute approximate surface area is 367 Å². The fourth-order valence-electron chi connectivity index (χ4n) is 11.5. The first-order valence-electron chi connectivity index (χ1n) is 21.4. The summed E-state index contributed by atoms with van der Waals surface area (Å²) in [4.78, 5) is 5.12. The lowest BCUT2D eigenvalue weighted by Crippen LogP contribution is -2.31. The molecule has 0 unspecified atom stereocenters. The predicted octanol–water partition coefficient (Wildman–Crippen LogP) is 16.6. The standard InChI is InChI=1S/C58H37NOS2/c1-57(2)42-19-6-3-15-35(42)37-30-29-34(31-46(37)57)59(49-24-13-18-39-38-17-5-10-25-50(38)60-56(39)49)48-23-14-28-53-55(48)41-32-40-36-16-4-7-20-43(36)58(47(40)33-54(41)62-53)44-21-8-11-26-51(44)61-52-27-12-9-22-45(52)58/h3-33H,1-2H3. The van der Waals surface area contributed by atoms with Gasteiger partial charge in [0, 0.05) is 51.8 Å². The first kappa shape index (κ1) is 34.8. The molecule has 3 aliphatic rings. The second-order valence-corrected chi connectivity index (χ2v) is 19.7. The molecule has 0 radical (unpaired) electrons. The van der Waals surface area contributed by atoms with Crippen molar-refractivity contribution in [2.24, 2.45) is 0 Å². The third-order valence-corrected chi connectivity index (χ3v) is 16.4. The van der Waals surface area contributed by atoms with Gasteiger partial charge in [-0.15, -0.1) is 11.3 Å². The summed E-state index contributed by atoms with van der Waals surface area (Å²) in [5, 5.41) is 4.77. The van der Waals surface area contributed by atoms with Gasteiger partial charge in [-0.3, -0.25) is 0 Å². The number of nitrogens with zero attached hydrogens (tertiary/aromatic N) is 1. The van der Waals surface area contributed by atoms with Gasteiger partial charge in [-0.25, -0.2) is 0 Å². The van der Waals surface area contributed by atoms with Crippen LogP contribution in [0.5, 0.6) is 0 Å². The summed E-state index contributed by atoms with van der Waals surface area (Å²) in [6, 6.07) is 70.3. The van der Waals surface area contributed by atoms with E-state index in [2.05, 4.69) is 207 Å². The summed E-state index contributed by atoms with van der Waals surface area (Å²) in [7, 11) is 0. The molecule has 2 aliphatic carbocycles. The van der Waals surface area contributed by atoms with Crippen LogP contribution in [0.4, 0.5) is 17.1 Å². The number of anilines is 3. The van der Waals surface area contributed by atoms with Crippen molar-refractivity contribution < 1.29 is 4.42 Å². The third kappa shape index (κ3) is 4.40. The minimum Gasteiger partial charge on any atom is -0.454 e. The van der Waals surface area contributed by atoms with E-state index in [-0.39, 0.29) is 5.41 Å². The van der Waals surface area contributed by atoms with Gasteiger partial charge in [0.15, 0.2) is 5.58 Å². The van der Waals surface area contributed by atoms with Crippen LogP contribution in [0, 0.1) is 0 Å². The fourth-order valence-corrected chi connectivity index (χ4v) is 13.8. The molecule has 9 aromatic carbocycles. The zero-order valence-corrected chi connectivity index (χ0v) is 35.7. The molecule has 0 saturated carbocycles. The van der Waals surface area contributed by atoms with Crippen molar-refractivity contribution in [2.45, 2.75) is 34.5 Å². The average molecular weight is 828 g/mol. The Kier molecular flexibility index (Phi) is 6.95. The van der Waals surface area contributed by atoms with E-state index >= 15 is 0 Å². The number of benzene rings is 9. The molecule has 1 aliphatic heterocycles. The van der Waals surface area contributed by atoms with Gasteiger partial charge in [0.1, 0.15) is 5.58 Å². The van der Waals surface area contributed by atoms with E-state index in [1.54, 1.807) is 0 Å². The minimum absolute atomic E-state index is 0.154. The lowest BCUT2D eigenvalue weighted by molar-refractivity contribution is 0.660. The van der Waals surface area contributed by atoms with E-state index in [1.165, 1.54) is 85.6 Å². The Hall–Kier alpha value is -6.85. The van der Waals surface area contributed by atoms with Crippen molar-refractivity contribution in [3.05, 3.63) is 221 Å². The second-order valence-electron chi connectivity index (χ2n) is 17.5. The monoisotopic (exact) mass is 827 g/mol. The number of fused-ring (bicyclic) bond motifs is 18. The van der Waals surface area contributed by atoms with Crippen molar-refractivity contribution in [2.75, 3.05) is 4.90 Å². The number of thiophene rings is 1. The van der Waals surface area contributed by atoms with Crippen LogP contribution in [0.3, 0.4) is 0 Å². The number of furan rings is 1. The van der Waals surface area contributed by atoms with Crippen LogP contribution in [0.15, 0.2) is 202 Å². The SMILES string of the molecule is CC1(C)c2ccccc2-c2ccc(N(c3cccc4c3oc3ccccc34)c3cccc4sc5cc6c(cc5c34)-c3ccccc3C63c4ccccc4Sc4ccccc43)cc21. The summed E-state index contributed by atoms with van der Waals surface area (Å²) in [6.07, 6.45) is 0. The largest absolute Gasteiger partial charge is 0.454 e. The maximum atomic E-state index is 6.85. The molecule has 1 spiro atoms. The molecule has 2 nitrogen and oxygen atoms in total. The van der Waals surface area contributed by atoms with Crippen LogP contribution in [0.1, 0.15) is 47.2 Å². The fraction of sp³-hybridized carbons (Fsp3) is 0.0690. The highest BCUT2D eigenvalue weighted by molar-refractivity contribution is 7.99. The van der Waals surface area contributed by atoms with Gasteiger partial charge in [-0.1, -0.05) is 153 Å². The smallest absolute Gasteiger partial charge is 0.159 e. The Balaban J connectivity index is 1.06. The van der Waals surface area contributed by atoms with Gasteiger partial charge in [-0.2, -0.15) is 0 Å². The van der Waals surface area contributed by atoms with E-state index in [9.17, 15) is 0 Å². The summed E-state index contributed by atoms with van der Waals surface area (Å²) in [6.45, 7) is 4.73. The summed E-state index contributed by atoms with van der Waals surface area (Å²) < 4.78 is 9.41. The molecule has 3 heterocycles. The summed E-state index contributed by atoms with van der Waals surface area (Å²) in [5.74, 6) is 0. The molecular formula is C58H37NOS2. The molecule has 0 N–H and O–H groups in total.